The van der Waals surface area contributed by atoms with Crippen LogP contribution in [-0.2, 0) is 16.6 Å². The number of carbonyl (C=O) groups is 3. The highest BCUT2D eigenvalue weighted by Crippen LogP contribution is 2.18. The largest absolute Gasteiger partial charge is 0.358 e. The molecule has 0 spiro atoms. The third kappa shape index (κ3) is 2.13. The van der Waals surface area contributed by atoms with Crippen LogP contribution in [0.2, 0.25) is 0 Å². The lowest BCUT2D eigenvalue weighted by Crippen LogP contribution is -2.58. The maximum atomic E-state index is 12.3. The average molecular weight is 280 g/mol. The van der Waals surface area contributed by atoms with E-state index in [4.69, 9.17) is 0 Å². The molecule has 1 N–H and O–H groups in total. The number of nitro groups is 1. The SMILES string of the molecule is CC1C(=O)NC(=O)CN1C(=O)c1ccc([N+](=O)[O-])n1C. The molecule has 1 aliphatic rings. The lowest BCUT2D eigenvalue weighted by atomic mass is 10.2. The van der Waals surface area contributed by atoms with Gasteiger partial charge in [0.05, 0.1) is 7.05 Å². The number of hydrogen-bond acceptors (Lipinski definition) is 5. The molecule has 2 rings (SSSR count). The number of piperazine rings is 1. The quantitative estimate of drug-likeness (QED) is 0.442. The molecular weight excluding hydrogens is 268 g/mol. The smallest absolute Gasteiger partial charge is 0.323 e. The van der Waals surface area contributed by atoms with Crippen molar-refractivity contribution in [1.29, 1.82) is 0 Å². The second kappa shape index (κ2) is 4.76. The first-order valence-corrected chi connectivity index (χ1v) is 5.77. The number of nitrogens with one attached hydrogen (secondary N) is 1. The van der Waals surface area contributed by atoms with E-state index in [1.165, 1.54) is 26.1 Å². The molecule has 1 aliphatic heterocycles. The molecule has 0 bridgehead atoms. The van der Waals surface area contributed by atoms with Crippen molar-refractivity contribution in [1.82, 2.24) is 14.8 Å². The van der Waals surface area contributed by atoms with Crippen LogP contribution in [-0.4, -0.2) is 44.7 Å². The molecule has 3 amide bonds. The zero-order valence-corrected chi connectivity index (χ0v) is 10.8. The fourth-order valence-electron chi connectivity index (χ4n) is 2.01. The Labute approximate surface area is 113 Å². The van der Waals surface area contributed by atoms with Crippen molar-refractivity contribution in [2.45, 2.75) is 13.0 Å². The van der Waals surface area contributed by atoms with Gasteiger partial charge in [0.1, 0.15) is 12.6 Å². The summed E-state index contributed by atoms with van der Waals surface area (Å²) in [5.41, 5.74) is 0.0473. The zero-order chi connectivity index (χ0) is 15.0. The molecule has 106 valence electrons. The molecule has 1 aromatic heterocycles. The Morgan fingerprint density at radius 3 is 2.65 bits per heavy atom. The zero-order valence-electron chi connectivity index (χ0n) is 10.8. The van der Waals surface area contributed by atoms with Crippen molar-refractivity contribution in [3.05, 3.63) is 27.9 Å². The lowest BCUT2D eigenvalue weighted by molar-refractivity contribution is -0.391. The van der Waals surface area contributed by atoms with Gasteiger partial charge in [-0.25, -0.2) is 4.57 Å². The summed E-state index contributed by atoms with van der Waals surface area (Å²) < 4.78 is 1.12. The molecule has 1 fully saturated rings. The maximum Gasteiger partial charge on any atom is 0.323 e. The van der Waals surface area contributed by atoms with Crippen molar-refractivity contribution >= 4 is 23.5 Å². The number of carbonyl (C=O) groups excluding carboxylic acids is 3. The number of rotatable bonds is 2. The first-order valence-electron chi connectivity index (χ1n) is 5.77. The lowest BCUT2D eigenvalue weighted by Gasteiger charge is -2.30. The van der Waals surface area contributed by atoms with Gasteiger partial charge in [-0.05, 0) is 17.9 Å². The highest BCUT2D eigenvalue weighted by molar-refractivity contribution is 6.06. The van der Waals surface area contributed by atoms with Gasteiger partial charge < -0.3 is 15.0 Å². The van der Waals surface area contributed by atoms with E-state index in [0.29, 0.717) is 0 Å². The van der Waals surface area contributed by atoms with Crippen LogP contribution in [0.4, 0.5) is 5.82 Å². The van der Waals surface area contributed by atoms with Crippen LogP contribution in [0.1, 0.15) is 17.4 Å². The summed E-state index contributed by atoms with van der Waals surface area (Å²) in [5.74, 6) is -1.99. The van der Waals surface area contributed by atoms with Gasteiger partial charge in [0.25, 0.3) is 5.91 Å². The van der Waals surface area contributed by atoms with Gasteiger partial charge in [-0.1, -0.05) is 0 Å². The van der Waals surface area contributed by atoms with Crippen molar-refractivity contribution in [3.8, 4) is 0 Å². The van der Waals surface area contributed by atoms with E-state index >= 15 is 0 Å². The maximum absolute atomic E-state index is 12.3. The molecule has 9 nitrogen and oxygen atoms in total. The first kappa shape index (κ1) is 13.7. The van der Waals surface area contributed by atoms with Crippen LogP contribution < -0.4 is 5.32 Å². The number of aromatic nitrogens is 1. The first-order chi connectivity index (χ1) is 9.32. The number of imide groups is 1. The summed E-state index contributed by atoms with van der Waals surface area (Å²) in [7, 11) is 1.38. The van der Waals surface area contributed by atoms with Gasteiger partial charge in [0, 0.05) is 6.07 Å². The molecule has 0 saturated carbocycles. The van der Waals surface area contributed by atoms with E-state index in [0.717, 1.165) is 9.47 Å². The molecule has 1 saturated heterocycles. The van der Waals surface area contributed by atoms with Gasteiger partial charge in [-0.15, -0.1) is 0 Å². The highest BCUT2D eigenvalue weighted by atomic mass is 16.6. The Morgan fingerprint density at radius 2 is 2.10 bits per heavy atom. The Morgan fingerprint density at radius 1 is 1.45 bits per heavy atom. The third-order valence-corrected chi connectivity index (χ3v) is 3.19. The minimum atomic E-state index is -0.811. The van der Waals surface area contributed by atoms with Gasteiger partial charge in [-0.2, -0.15) is 0 Å². The van der Waals surface area contributed by atoms with Crippen LogP contribution >= 0.6 is 0 Å². The molecule has 20 heavy (non-hydrogen) atoms. The summed E-state index contributed by atoms with van der Waals surface area (Å²) in [4.78, 5) is 46.3. The molecular formula is C11H12N4O5. The molecule has 9 heteroatoms. The van der Waals surface area contributed by atoms with E-state index in [9.17, 15) is 24.5 Å². The Kier molecular flexibility index (Phi) is 3.26. The molecule has 1 atom stereocenters. The van der Waals surface area contributed by atoms with E-state index in [-0.39, 0.29) is 18.1 Å². The van der Waals surface area contributed by atoms with Crippen LogP contribution in [0.25, 0.3) is 0 Å². The van der Waals surface area contributed by atoms with E-state index in [1.54, 1.807) is 0 Å². The Balaban J connectivity index is 2.33. The predicted octanol–water partition coefficient (Wildman–Crippen LogP) is -0.580. The summed E-state index contributed by atoms with van der Waals surface area (Å²) in [5, 5.41) is 12.9. The van der Waals surface area contributed by atoms with Gasteiger partial charge in [-0.3, -0.25) is 19.7 Å². The van der Waals surface area contributed by atoms with Crippen LogP contribution in [0.15, 0.2) is 12.1 Å². The summed E-state index contributed by atoms with van der Waals surface area (Å²) in [6.07, 6.45) is 0. The molecule has 1 unspecified atom stereocenters. The second-order valence-electron chi connectivity index (χ2n) is 4.41. The van der Waals surface area contributed by atoms with E-state index in [1.807, 2.05) is 0 Å². The van der Waals surface area contributed by atoms with E-state index < -0.39 is 28.7 Å². The van der Waals surface area contributed by atoms with Crippen LogP contribution in [0.3, 0.4) is 0 Å². The van der Waals surface area contributed by atoms with Gasteiger partial charge in [0.15, 0.2) is 5.69 Å². The molecule has 1 aromatic rings. The fraction of sp³-hybridized carbons (Fsp3) is 0.364. The van der Waals surface area contributed by atoms with Crippen molar-refractivity contribution in [2.75, 3.05) is 6.54 Å². The Hall–Kier alpha value is -2.71. The minimum Gasteiger partial charge on any atom is -0.358 e. The Bertz CT molecular complexity index is 620. The van der Waals surface area contributed by atoms with Crippen LogP contribution in [0, 0.1) is 10.1 Å². The predicted molar refractivity (Wildman–Crippen MR) is 65.7 cm³/mol. The van der Waals surface area contributed by atoms with Crippen molar-refractivity contribution < 1.29 is 19.3 Å². The summed E-state index contributed by atoms with van der Waals surface area (Å²) >= 11 is 0. The molecule has 0 aliphatic carbocycles. The molecule has 0 aromatic carbocycles. The summed E-state index contributed by atoms with van der Waals surface area (Å²) in [6, 6.07) is 1.68. The fourth-order valence-corrected chi connectivity index (χ4v) is 2.01. The third-order valence-electron chi connectivity index (χ3n) is 3.19. The molecule has 2 heterocycles. The molecule has 0 radical (unpaired) electrons. The van der Waals surface area contributed by atoms with Crippen molar-refractivity contribution in [3.63, 3.8) is 0 Å². The van der Waals surface area contributed by atoms with E-state index in [2.05, 4.69) is 5.32 Å². The number of nitrogens with zero attached hydrogens (tertiary/aromatic N) is 3. The topological polar surface area (TPSA) is 115 Å². The van der Waals surface area contributed by atoms with Gasteiger partial charge in [0.2, 0.25) is 11.8 Å². The second-order valence-corrected chi connectivity index (χ2v) is 4.41. The van der Waals surface area contributed by atoms with Crippen molar-refractivity contribution in [2.24, 2.45) is 7.05 Å². The van der Waals surface area contributed by atoms with Crippen LogP contribution in [0.5, 0.6) is 0 Å². The average Bonchev–Trinajstić information content (AvgIpc) is 2.75. The van der Waals surface area contributed by atoms with Gasteiger partial charge >= 0.3 is 5.82 Å². The summed E-state index contributed by atoms with van der Waals surface area (Å²) in [6.45, 7) is 1.22. The minimum absolute atomic E-state index is 0.0473. The highest BCUT2D eigenvalue weighted by Gasteiger charge is 2.36. The normalized spacial score (nSPS) is 18.9. The monoisotopic (exact) mass is 280 g/mol. The standard InChI is InChI=1S/C11H12N4O5/c1-6-10(17)12-8(16)5-14(6)11(18)7-3-4-9(13(7)2)15(19)20/h3-4,6H,5H2,1-2H3,(H,12,16,17). The number of amides is 3. The number of hydrogen-bond donors (Lipinski definition) is 1.